The number of nitrogens with two attached hydrogens (primary N) is 1. The molecule has 1 saturated carbocycles. The van der Waals surface area contributed by atoms with Crippen molar-refractivity contribution in [1.29, 1.82) is 0 Å². The van der Waals surface area contributed by atoms with E-state index in [1.165, 1.54) is 12.8 Å². The molecule has 4 nitrogen and oxygen atoms in total. The van der Waals surface area contributed by atoms with Gasteiger partial charge in [-0.1, -0.05) is 12.8 Å². The molecule has 0 saturated heterocycles. The van der Waals surface area contributed by atoms with Crippen LogP contribution >= 0.6 is 15.9 Å². The number of aliphatic hydroxyl groups is 1. The highest BCUT2D eigenvalue weighted by Gasteiger charge is 2.25. The Morgan fingerprint density at radius 3 is 2.75 bits per heavy atom. The van der Waals surface area contributed by atoms with E-state index in [-0.39, 0.29) is 12.5 Å². The number of aliphatic hydroxyl groups excluding tert-OH is 1. The van der Waals surface area contributed by atoms with Crippen LogP contribution < -0.4 is 11.1 Å². The highest BCUT2D eigenvalue weighted by molar-refractivity contribution is 9.10. The van der Waals surface area contributed by atoms with Crippen molar-refractivity contribution >= 4 is 27.5 Å². The van der Waals surface area contributed by atoms with Crippen LogP contribution in [0.25, 0.3) is 0 Å². The van der Waals surface area contributed by atoms with Gasteiger partial charge in [-0.05, 0) is 58.8 Å². The van der Waals surface area contributed by atoms with Crippen LogP contribution in [-0.2, 0) is 0 Å². The van der Waals surface area contributed by atoms with Crippen molar-refractivity contribution in [3.63, 3.8) is 0 Å². The van der Waals surface area contributed by atoms with Gasteiger partial charge in [-0.15, -0.1) is 0 Å². The Balaban J connectivity index is 1.96. The minimum atomic E-state index is -0.119. The number of hydrogen-bond donors (Lipinski definition) is 3. The second kappa shape index (κ2) is 7.09. The Bertz CT molecular complexity index is 479. The van der Waals surface area contributed by atoms with Gasteiger partial charge in [0, 0.05) is 23.3 Å². The molecule has 5 heteroatoms. The Kier molecular flexibility index (Phi) is 5.43. The molecule has 1 aliphatic carbocycles. The molecule has 1 aliphatic rings. The van der Waals surface area contributed by atoms with Crippen molar-refractivity contribution in [2.45, 2.75) is 25.7 Å². The smallest absolute Gasteiger partial charge is 0.252 e. The zero-order valence-corrected chi connectivity index (χ0v) is 13.0. The number of anilines is 1. The third-order valence-electron chi connectivity index (χ3n) is 4.06. The first-order valence-electron chi connectivity index (χ1n) is 7.06. The zero-order valence-electron chi connectivity index (χ0n) is 11.4. The number of nitrogen functional groups attached to an aromatic ring is 1. The van der Waals surface area contributed by atoms with Crippen LogP contribution in [0.2, 0.25) is 0 Å². The highest BCUT2D eigenvalue weighted by atomic mass is 79.9. The van der Waals surface area contributed by atoms with Crippen molar-refractivity contribution in [2.75, 3.05) is 18.9 Å². The molecule has 0 spiro atoms. The lowest BCUT2D eigenvalue weighted by molar-refractivity contribution is 0.0908. The van der Waals surface area contributed by atoms with E-state index in [0.717, 1.165) is 17.3 Å². The number of carbonyl (C=O) groups excluding carboxylic acids is 1. The van der Waals surface area contributed by atoms with Crippen LogP contribution in [0.15, 0.2) is 22.7 Å². The summed E-state index contributed by atoms with van der Waals surface area (Å²) >= 11 is 3.37. The van der Waals surface area contributed by atoms with Gasteiger partial charge in [0.25, 0.3) is 5.91 Å². The first-order chi connectivity index (χ1) is 9.61. The van der Waals surface area contributed by atoms with Crippen LogP contribution in [0, 0.1) is 11.8 Å². The maximum atomic E-state index is 12.2. The fourth-order valence-corrected chi connectivity index (χ4v) is 3.26. The molecule has 1 aromatic carbocycles. The van der Waals surface area contributed by atoms with E-state index >= 15 is 0 Å². The molecule has 0 aromatic heterocycles. The third kappa shape index (κ3) is 3.73. The predicted molar refractivity (Wildman–Crippen MR) is 83.4 cm³/mol. The summed E-state index contributed by atoms with van der Waals surface area (Å²) in [4.78, 5) is 12.2. The molecule has 2 atom stereocenters. The SMILES string of the molecule is Nc1ccc(Br)c(C(=O)NCC2CCCCC2CO)c1. The summed E-state index contributed by atoms with van der Waals surface area (Å²) in [5, 5.41) is 12.4. The van der Waals surface area contributed by atoms with E-state index in [2.05, 4.69) is 21.2 Å². The van der Waals surface area contributed by atoms with Crippen molar-refractivity contribution < 1.29 is 9.90 Å². The summed E-state index contributed by atoms with van der Waals surface area (Å²) in [5.41, 5.74) is 6.84. The standard InChI is InChI=1S/C15H21BrN2O2/c16-14-6-5-12(17)7-13(14)15(20)18-8-10-3-1-2-4-11(10)9-19/h5-7,10-11,19H,1-4,8-9,17H2,(H,18,20). The first kappa shape index (κ1) is 15.3. The average molecular weight is 341 g/mol. The van der Waals surface area contributed by atoms with Crippen LogP contribution in [0.1, 0.15) is 36.0 Å². The Morgan fingerprint density at radius 1 is 1.35 bits per heavy atom. The Labute approximate surface area is 127 Å². The van der Waals surface area contributed by atoms with Gasteiger partial charge in [0.15, 0.2) is 0 Å². The lowest BCUT2D eigenvalue weighted by Gasteiger charge is -2.30. The van der Waals surface area contributed by atoms with Crippen molar-refractivity contribution in [1.82, 2.24) is 5.32 Å². The molecule has 110 valence electrons. The summed E-state index contributed by atoms with van der Waals surface area (Å²) in [6.45, 7) is 0.827. The average Bonchev–Trinajstić information content (AvgIpc) is 2.47. The zero-order chi connectivity index (χ0) is 14.5. The number of rotatable bonds is 4. The van der Waals surface area contributed by atoms with Crippen LogP contribution in [-0.4, -0.2) is 24.2 Å². The lowest BCUT2D eigenvalue weighted by atomic mass is 9.79. The number of nitrogens with one attached hydrogen (secondary N) is 1. The highest BCUT2D eigenvalue weighted by Crippen LogP contribution is 2.29. The van der Waals surface area contributed by atoms with E-state index in [1.54, 1.807) is 18.2 Å². The maximum absolute atomic E-state index is 12.2. The van der Waals surface area contributed by atoms with Crippen LogP contribution in [0.3, 0.4) is 0 Å². The number of carbonyl (C=O) groups is 1. The molecule has 20 heavy (non-hydrogen) atoms. The van der Waals surface area contributed by atoms with Crippen molar-refractivity contribution in [2.24, 2.45) is 11.8 Å². The predicted octanol–water partition coefficient (Wildman–Crippen LogP) is 2.56. The summed E-state index contributed by atoms with van der Waals surface area (Å²) in [7, 11) is 0. The molecular weight excluding hydrogens is 320 g/mol. The molecule has 0 bridgehead atoms. The van der Waals surface area contributed by atoms with E-state index in [4.69, 9.17) is 5.73 Å². The van der Waals surface area contributed by atoms with Gasteiger partial charge >= 0.3 is 0 Å². The molecule has 1 amide bonds. The summed E-state index contributed by atoms with van der Waals surface area (Å²) in [6.07, 6.45) is 4.48. The number of amides is 1. The summed E-state index contributed by atoms with van der Waals surface area (Å²) < 4.78 is 0.742. The van der Waals surface area contributed by atoms with Crippen molar-refractivity contribution in [3.8, 4) is 0 Å². The van der Waals surface area contributed by atoms with Gasteiger partial charge in [-0.3, -0.25) is 4.79 Å². The van der Waals surface area contributed by atoms with Crippen LogP contribution in [0.4, 0.5) is 5.69 Å². The van der Waals surface area contributed by atoms with E-state index in [1.807, 2.05) is 0 Å². The minimum absolute atomic E-state index is 0.119. The molecule has 1 fully saturated rings. The molecule has 0 radical (unpaired) electrons. The van der Waals surface area contributed by atoms with Gasteiger partial charge in [0.05, 0.1) is 5.56 Å². The second-order valence-electron chi connectivity index (χ2n) is 5.44. The molecule has 4 N–H and O–H groups in total. The number of halogens is 1. The molecule has 2 unspecified atom stereocenters. The monoisotopic (exact) mass is 340 g/mol. The number of hydrogen-bond acceptors (Lipinski definition) is 3. The second-order valence-corrected chi connectivity index (χ2v) is 6.29. The molecule has 0 aliphatic heterocycles. The van der Waals surface area contributed by atoms with Crippen molar-refractivity contribution in [3.05, 3.63) is 28.2 Å². The van der Waals surface area contributed by atoms with E-state index in [0.29, 0.717) is 29.6 Å². The first-order valence-corrected chi connectivity index (χ1v) is 7.85. The molecule has 2 rings (SSSR count). The topological polar surface area (TPSA) is 75.4 Å². The van der Waals surface area contributed by atoms with E-state index < -0.39 is 0 Å². The minimum Gasteiger partial charge on any atom is -0.399 e. The Morgan fingerprint density at radius 2 is 2.05 bits per heavy atom. The van der Waals surface area contributed by atoms with Gasteiger partial charge < -0.3 is 16.2 Å². The van der Waals surface area contributed by atoms with Gasteiger partial charge in [-0.2, -0.15) is 0 Å². The largest absolute Gasteiger partial charge is 0.399 e. The van der Waals surface area contributed by atoms with Gasteiger partial charge in [0.2, 0.25) is 0 Å². The van der Waals surface area contributed by atoms with Gasteiger partial charge in [-0.25, -0.2) is 0 Å². The summed E-state index contributed by atoms with van der Waals surface area (Å²) in [5.74, 6) is 0.567. The normalized spacial score (nSPS) is 22.5. The molecule has 1 aromatic rings. The lowest BCUT2D eigenvalue weighted by Crippen LogP contribution is -2.35. The third-order valence-corrected chi connectivity index (χ3v) is 4.75. The fourth-order valence-electron chi connectivity index (χ4n) is 2.83. The van der Waals surface area contributed by atoms with E-state index in [9.17, 15) is 9.90 Å². The maximum Gasteiger partial charge on any atom is 0.252 e. The van der Waals surface area contributed by atoms with Crippen LogP contribution in [0.5, 0.6) is 0 Å². The number of benzene rings is 1. The molecular formula is C15H21BrN2O2. The Hall–Kier alpha value is -1.07. The quantitative estimate of drug-likeness (QED) is 0.737. The molecule has 0 heterocycles. The summed E-state index contributed by atoms with van der Waals surface area (Å²) in [6, 6.07) is 5.20. The fraction of sp³-hybridized carbons (Fsp3) is 0.533. The van der Waals surface area contributed by atoms with Gasteiger partial charge in [0.1, 0.15) is 0 Å².